The van der Waals surface area contributed by atoms with E-state index in [2.05, 4.69) is 16.4 Å². The van der Waals surface area contributed by atoms with Gasteiger partial charge in [0, 0.05) is 29.2 Å². The quantitative estimate of drug-likeness (QED) is 0.408. The van der Waals surface area contributed by atoms with E-state index >= 15 is 4.39 Å². The van der Waals surface area contributed by atoms with Crippen molar-refractivity contribution in [1.82, 2.24) is 15.0 Å². The molecule has 4 aliphatic rings. The molecule has 0 spiro atoms. The van der Waals surface area contributed by atoms with Gasteiger partial charge in [0.15, 0.2) is 5.78 Å². The molecule has 39 heavy (non-hydrogen) atoms. The van der Waals surface area contributed by atoms with Crippen molar-refractivity contribution < 1.29 is 18.7 Å². The Morgan fingerprint density at radius 1 is 1.03 bits per heavy atom. The molecule has 0 N–H and O–H groups in total. The summed E-state index contributed by atoms with van der Waals surface area (Å²) in [5.41, 5.74) is 2.84. The lowest BCUT2D eigenvalue weighted by Crippen LogP contribution is -2.36. The predicted octanol–water partition coefficient (Wildman–Crippen LogP) is 6.79. The summed E-state index contributed by atoms with van der Waals surface area (Å²) in [6.07, 6.45) is 10.9. The van der Waals surface area contributed by atoms with E-state index in [0.717, 1.165) is 56.9 Å². The van der Waals surface area contributed by atoms with Crippen molar-refractivity contribution >= 4 is 17.4 Å². The summed E-state index contributed by atoms with van der Waals surface area (Å²) < 4.78 is 24.3. The molecule has 206 valence electrons. The minimum Gasteiger partial charge on any atom is -0.462 e. The summed E-state index contributed by atoms with van der Waals surface area (Å²) in [6.45, 7) is 4.02. The molecule has 6 rings (SSSR count). The van der Waals surface area contributed by atoms with Crippen molar-refractivity contribution in [2.75, 3.05) is 0 Å². The molecule has 3 unspecified atom stereocenters. The number of fused-ring (bicyclic) bond motifs is 5. The van der Waals surface area contributed by atoms with Gasteiger partial charge < -0.3 is 4.74 Å². The molecule has 1 saturated carbocycles. The Balaban J connectivity index is 1.40. The van der Waals surface area contributed by atoms with Gasteiger partial charge in [0.1, 0.15) is 17.6 Å². The number of cyclic esters (lactones) is 1. The lowest BCUT2D eigenvalue weighted by Gasteiger charge is -2.38. The second-order valence-corrected chi connectivity index (χ2v) is 12.0. The van der Waals surface area contributed by atoms with Crippen molar-refractivity contribution in [1.29, 1.82) is 0 Å². The Labute approximate surface area is 229 Å². The lowest BCUT2D eigenvalue weighted by molar-refractivity contribution is -0.151. The van der Waals surface area contributed by atoms with E-state index in [0.29, 0.717) is 17.0 Å². The molecule has 7 heteroatoms. The monoisotopic (exact) mass is 531 g/mol. The molecule has 1 aromatic heterocycles. The number of esters is 1. The first-order valence-electron chi connectivity index (χ1n) is 14.8. The van der Waals surface area contributed by atoms with E-state index in [1.54, 1.807) is 4.68 Å². The number of allylic oxidation sites excluding steroid dienone is 4. The van der Waals surface area contributed by atoms with Gasteiger partial charge in [-0.15, -0.1) is 5.10 Å². The Morgan fingerprint density at radius 2 is 1.82 bits per heavy atom. The summed E-state index contributed by atoms with van der Waals surface area (Å²) in [5, 5.41) is 8.75. The van der Waals surface area contributed by atoms with E-state index in [-0.39, 0.29) is 53.8 Å². The maximum absolute atomic E-state index is 16.9. The summed E-state index contributed by atoms with van der Waals surface area (Å²) in [6, 6.07) is 9.77. The Bertz CT molecular complexity index is 1300. The number of carbonyl (C=O) groups excluding carboxylic acids is 2. The van der Waals surface area contributed by atoms with Crippen molar-refractivity contribution in [3.05, 3.63) is 54.0 Å². The van der Waals surface area contributed by atoms with Crippen LogP contribution in [-0.2, 0) is 14.3 Å². The molecule has 0 radical (unpaired) electrons. The van der Waals surface area contributed by atoms with E-state index in [1.165, 1.54) is 0 Å². The van der Waals surface area contributed by atoms with Gasteiger partial charge in [0.05, 0.1) is 18.3 Å². The number of ketones is 1. The van der Waals surface area contributed by atoms with E-state index in [4.69, 9.17) is 4.74 Å². The Kier molecular flexibility index (Phi) is 7.25. The molecule has 1 aromatic carbocycles. The highest BCUT2D eigenvalue weighted by Crippen LogP contribution is 2.59. The number of rotatable bonds is 3. The largest absolute Gasteiger partial charge is 0.462 e. The second-order valence-electron chi connectivity index (χ2n) is 12.0. The van der Waals surface area contributed by atoms with Gasteiger partial charge in [-0.05, 0) is 55.9 Å². The van der Waals surface area contributed by atoms with Crippen LogP contribution in [0.4, 0.5) is 4.39 Å². The van der Waals surface area contributed by atoms with Crippen LogP contribution in [-0.4, -0.2) is 32.9 Å². The number of nitrogens with zero attached hydrogens (tertiary/aromatic N) is 3. The molecule has 0 amide bonds. The van der Waals surface area contributed by atoms with Crippen molar-refractivity contribution in [3.63, 3.8) is 0 Å². The average molecular weight is 532 g/mol. The molecular formula is C32H38FN3O3. The molecule has 2 heterocycles. The zero-order chi connectivity index (χ0) is 27.1. The normalized spacial score (nSPS) is 33.4. The molecular weight excluding hydrogens is 493 g/mol. The third-order valence-electron chi connectivity index (χ3n) is 9.67. The Hall–Kier alpha value is -3.09. The summed E-state index contributed by atoms with van der Waals surface area (Å²) >= 11 is 0. The highest BCUT2D eigenvalue weighted by molar-refractivity contribution is 5.98. The number of carbonyl (C=O) groups is 2. The van der Waals surface area contributed by atoms with Crippen LogP contribution >= 0.6 is 0 Å². The zero-order valence-electron chi connectivity index (χ0n) is 22.9. The molecule has 2 aromatic rings. The average Bonchev–Trinajstić information content (AvgIpc) is 3.69. The van der Waals surface area contributed by atoms with E-state index in [9.17, 15) is 9.59 Å². The maximum Gasteiger partial charge on any atom is 0.306 e. The molecule has 6 nitrogen and oxygen atoms in total. The van der Waals surface area contributed by atoms with E-state index < -0.39 is 11.8 Å². The fourth-order valence-corrected chi connectivity index (χ4v) is 7.67. The highest BCUT2D eigenvalue weighted by Gasteiger charge is 2.54. The number of Topliss-reactive ketones (excluding diaryl/α,β-unsaturated/α-hetero) is 1. The topological polar surface area (TPSA) is 74.1 Å². The van der Waals surface area contributed by atoms with Gasteiger partial charge in [0.2, 0.25) is 0 Å². The summed E-state index contributed by atoms with van der Waals surface area (Å²) in [4.78, 5) is 26.9. The van der Waals surface area contributed by atoms with Crippen LogP contribution in [0, 0.1) is 35.5 Å². The highest BCUT2D eigenvalue weighted by atomic mass is 19.1. The number of aromatic nitrogens is 3. The zero-order valence-corrected chi connectivity index (χ0v) is 22.9. The van der Waals surface area contributed by atoms with Gasteiger partial charge in [-0.1, -0.05) is 68.3 Å². The molecule has 3 aliphatic carbocycles. The van der Waals surface area contributed by atoms with Gasteiger partial charge in [-0.3, -0.25) is 9.59 Å². The molecule has 1 saturated heterocycles. The first-order valence-corrected chi connectivity index (χ1v) is 14.8. The summed E-state index contributed by atoms with van der Waals surface area (Å²) in [7, 11) is 0. The number of hydrogen-bond donors (Lipinski definition) is 0. The Morgan fingerprint density at radius 3 is 2.62 bits per heavy atom. The fraction of sp³-hybridized carbons (Fsp3) is 0.562. The van der Waals surface area contributed by atoms with Crippen LogP contribution < -0.4 is 0 Å². The molecule has 0 bridgehead atoms. The van der Waals surface area contributed by atoms with Crippen molar-refractivity contribution in [2.45, 2.75) is 77.7 Å². The van der Waals surface area contributed by atoms with Crippen LogP contribution in [0.3, 0.4) is 0 Å². The van der Waals surface area contributed by atoms with Gasteiger partial charge in [0.25, 0.3) is 0 Å². The third kappa shape index (κ3) is 4.78. The number of ether oxygens (including phenoxy) is 1. The standard InChI is InChI=1S/C32H38FN3O3/c1-3-21-13-8-7-10-19(2)32(38)26-16-24-22-14-9-15-23(22)31(30(33)29(24)25(26)17-28(37)39-21)36-18-27(34-35-36)20-11-5-4-6-12-20/h4-6,11-12,16,18-19,21-25,29H,3,7-10,13-15,17H2,1-2H3/t19-,21+,22-,23-,24?,25?,29?/m1/s1. The minimum atomic E-state index is -0.551. The summed E-state index contributed by atoms with van der Waals surface area (Å²) in [5.74, 6) is -1.55. The van der Waals surface area contributed by atoms with Gasteiger partial charge >= 0.3 is 5.97 Å². The van der Waals surface area contributed by atoms with Crippen LogP contribution in [0.5, 0.6) is 0 Å². The predicted molar refractivity (Wildman–Crippen MR) is 147 cm³/mol. The molecule has 7 atom stereocenters. The fourth-order valence-electron chi connectivity index (χ4n) is 7.67. The maximum atomic E-state index is 16.9. The van der Waals surface area contributed by atoms with Crippen LogP contribution in [0.2, 0.25) is 0 Å². The van der Waals surface area contributed by atoms with Gasteiger partial charge in [-0.25, -0.2) is 9.07 Å². The smallest absolute Gasteiger partial charge is 0.306 e. The van der Waals surface area contributed by atoms with Crippen molar-refractivity contribution in [3.8, 4) is 11.3 Å². The van der Waals surface area contributed by atoms with Crippen LogP contribution in [0.15, 0.2) is 54.0 Å². The molecule has 2 fully saturated rings. The van der Waals surface area contributed by atoms with Gasteiger partial charge in [-0.2, -0.15) is 0 Å². The second kappa shape index (κ2) is 10.8. The van der Waals surface area contributed by atoms with E-state index in [1.807, 2.05) is 50.4 Å². The van der Waals surface area contributed by atoms with Crippen molar-refractivity contribution in [2.24, 2.45) is 35.5 Å². The third-order valence-corrected chi connectivity index (χ3v) is 9.67. The number of hydrogen-bond acceptors (Lipinski definition) is 5. The number of benzene rings is 1. The first kappa shape index (κ1) is 26.1. The van der Waals surface area contributed by atoms with Crippen LogP contribution in [0.1, 0.15) is 71.6 Å². The lowest BCUT2D eigenvalue weighted by atomic mass is 9.68. The minimum absolute atomic E-state index is 0.0128. The SMILES string of the molecule is CC[C@H]1CCCC[C@@H](C)C(=O)C2=CC3C(C(F)=C(n4cc(-c5ccccc5)nn4)[C@@H]4CCC[C@@H]34)C2CC(=O)O1. The first-order chi connectivity index (χ1) is 19.0. The number of halogens is 1. The van der Waals surface area contributed by atoms with Crippen LogP contribution in [0.25, 0.3) is 17.0 Å². The molecule has 1 aliphatic heterocycles.